The first-order valence-electron chi connectivity index (χ1n) is 4.41. The lowest BCUT2D eigenvalue weighted by atomic mass is 10.7. The van der Waals surface area contributed by atoms with Crippen molar-refractivity contribution in [2.24, 2.45) is 5.84 Å². The highest BCUT2D eigenvalue weighted by atomic mass is 19.4. The molecule has 0 aliphatic heterocycles. The maximum Gasteiger partial charge on any atom is 0.422 e. The Morgan fingerprint density at radius 2 is 1.94 bits per heavy atom. The largest absolute Gasteiger partial charge is 0.454 e. The number of hydrogen-bond acceptors (Lipinski definition) is 7. The van der Waals surface area contributed by atoms with Gasteiger partial charge in [0.1, 0.15) is 0 Å². The first-order valence-corrected chi connectivity index (χ1v) is 4.41. The van der Waals surface area contributed by atoms with Crippen molar-refractivity contribution in [3.8, 4) is 6.01 Å². The molecule has 0 saturated heterocycles. The van der Waals surface area contributed by atoms with Gasteiger partial charge in [0.2, 0.25) is 11.9 Å². The molecular formula is C7H11F3N6O. The fourth-order valence-corrected chi connectivity index (χ4v) is 0.821. The minimum absolute atomic E-state index is 0.0825. The molecule has 0 atom stereocenters. The van der Waals surface area contributed by atoms with Gasteiger partial charge in [0.15, 0.2) is 6.61 Å². The van der Waals surface area contributed by atoms with Gasteiger partial charge in [-0.1, -0.05) is 0 Å². The summed E-state index contributed by atoms with van der Waals surface area (Å²) in [6.07, 6.45) is -4.46. The molecule has 17 heavy (non-hydrogen) atoms. The molecule has 0 aromatic carbocycles. The van der Waals surface area contributed by atoms with E-state index in [-0.39, 0.29) is 11.9 Å². The van der Waals surface area contributed by atoms with E-state index >= 15 is 0 Å². The molecule has 0 fully saturated rings. The highest BCUT2D eigenvalue weighted by Gasteiger charge is 2.29. The molecule has 0 aliphatic carbocycles. The molecule has 0 bridgehead atoms. The molecule has 0 radical (unpaired) electrons. The number of nitrogen functional groups attached to an aromatic ring is 1. The standard InChI is InChI=1S/C7H11F3N6O/c1-16(2)5-12-4(15-11)13-6(14-5)17-3-7(8,9)10/h3,11H2,1-2H3,(H,12,13,14,15). The molecule has 0 spiro atoms. The lowest BCUT2D eigenvalue weighted by molar-refractivity contribution is -0.154. The van der Waals surface area contributed by atoms with Crippen LogP contribution in [0.25, 0.3) is 0 Å². The number of aromatic nitrogens is 3. The molecule has 1 heterocycles. The Kier molecular flexibility index (Phi) is 3.89. The van der Waals surface area contributed by atoms with Crippen LogP contribution in [0.3, 0.4) is 0 Å². The molecule has 3 N–H and O–H groups in total. The highest BCUT2D eigenvalue weighted by molar-refractivity contribution is 5.35. The summed E-state index contributed by atoms with van der Waals surface area (Å²) >= 11 is 0. The molecule has 0 aliphatic rings. The van der Waals surface area contributed by atoms with Gasteiger partial charge in [0.05, 0.1) is 0 Å². The minimum atomic E-state index is -4.46. The van der Waals surface area contributed by atoms with E-state index in [0.29, 0.717) is 0 Å². The van der Waals surface area contributed by atoms with E-state index in [1.807, 2.05) is 0 Å². The summed E-state index contributed by atoms with van der Waals surface area (Å²) in [5.74, 6) is 5.12. The summed E-state index contributed by atoms with van der Waals surface area (Å²) in [5, 5.41) is 0. The number of nitrogens with one attached hydrogen (secondary N) is 1. The van der Waals surface area contributed by atoms with Crippen LogP contribution >= 0.6 is 0 Å². The van der Waals surface area contributed by atoms with Crippen molar-refractivity contribution >= 4 is 11.9 Å². The number of nitrogens with zero attached hydrogens (tertiary/aromatic N) is 4. The normalized spacial score (nSPS) is 11.2. The van der Waals surface area contributed by atoms with E-state index in [1.54, 1.807) is 14.1 Å². The van der Waals surface area contributed by atoms with Crippen molar-refractivity contribution in [3.05, 3.63) is 0 Å². The summed E-state index contributed by atoms with van der Waals surface area (Å²) in [6.45, 7) is -1.48. The third kappa shape index (κ3) is 4.26. The van der Waals surface area contributed by atoms with E-state index in [2.05, 4.69) is 25.1 Å². The molecular weight excluding hydrogens is 241 g/mol. The van der Waals surface area contributed by atoms with Crippen LogP contribution < -0.4 is 20.9 Å². The fraction of sp³-hybridized carbons (Fsp3) is 0.571. The number of halogens is 3. The molecule has 10 heteroatoms. The topological polar surface area (TPSA) is 89.2 Å². The predicted molar refractivity (Wildman–Crippen MR) is 53.5 cm³/mol. The van der Waals surface area contributed by atoms with Gasteiger partial charge >= 0.3 is 12.2 Å². The van der Waals surface area contributed by atoms with Gasteiger partial charge in [-0.3, -0.25) is 5.43 Å². The van der Waals surface area contributed by atoms with Gasteiger partial charge in [-0.05, 0) is 0 Å². The summed E-state index contributed by atoms with van der Waals surface area (Å²) in [7, 11) is 3.23. The molecule has 96 valence electrons. The first kappa shape index (κ1) is 13.2. The Hall–Kier alpha value is -1.84. The van der Waals surface area contributed by atoms with Crippen LogP contribution in [0.1, 0.15) is 0 Å². The van der Waals surface area contributed by atoms with E-state index in [1.165, 1.54) is 4.90 Å². The molecule has 0 saturated carbocycles. The quantitative estimate of drug-likeness (QED) is 0.583. The van der Waals surface area contributed by atoms with Gasteiger partial charge < -0.3 is 9.64 Å². The van der Waals surface area contributed by atoms with Crippen LogP contribution in [-0.2, 0) is 0 Å². The van der Waals surface area contributed by atoms with Gasteiger partial charge in [0, 0.05) is 14.1 Å². The van der Waals surface area contributed by atoms with Crippen molar-refractivity contribution in [1.82, 2.24) is 15.0 Å². The zero-order valence-electron chi connectivity index (χ0n) is 9.12. The van der Waals surface area contributed by atoms with Gasteiger partial charge in [-0.25, -0.2) is 5.84 Å². The Balaban J connectivity index is 2.87. The highest BCUT2D eigenvalue weighted by Crippen LogP contribution is 2.17. The smallest absolute Gasteiger partial charge is 0.422 e. The van der Waals surface area contributed by atoms with Crippen LogP contribution in [0, 0.1) is 0 Å². The van der Waals surface area contributed by atoms with Crippen LogP contribution in [0.15, 0.2) is 0 Å². The first-order chi connectivity index (χ1) is 7.81. The summed E-state index contributed by atoms with van der Waals surface area (Å²) in [5.41, 5.74) is 2.11. The summed E-state index contributed by atoms with van der Waals surface area (Å²) in [6, 6.07) is -0.450. The number of rotatable bonds is 4. The second kappa shape index (κ2) is 4.99. The molecule has 7 nitrogen and oxygen atoms in total. The van der Waals surface area contributed by atoms with E-state index in [0.717, 1.165) is 0 Å². The van der Waals surface area contributed by atoms with Gasteiger partial charge in [-0.2, -0.15) is 28.1 Å². The predicted octanol–water partition coefficient (Wildman–Crippen LogP) is 0.164. The monoisotopic (exact) mass is 252 g/mol. The molecule has 0 amide bonds. The third-order valence-corrected chi connectivity index (χ3v) is 1.50. The number of nitrogens with two attached hydrogens (primary N) is 1. The number of alkyl halides is 3. The summed E-state index contributed by atoms with van der Waals surface area (Å²) in [4.78, 5) is 12.5. The lowest BCUT2D eigenvalue weighted by Gasteiger charge is -2.13. The van der Waals surface area contributed by atoms with E-state index in [4.69, 9.17) is 5.84 Å². The van der Waals surface area contributed by atoms with Crippen LogP contribution in [0.4, 0.5) is 25.1 Å². The van der Waals surface area contributed by atoms with Crippen molar-refractivity contribution in [1.29, 1.82) is 0 Å². The van der Waals surface area contributed by atoms with Gasteiger partial charge in [0.25, 0.3) is 0 Å². The molecule has 0 unspecified atom stereocenters. The van der Waals surface area contributed by atoms with Crippen LogP contribution in [0.2, 0.25) is 0 Å². The van der Waals surface area contributed by atoms with Crippen molar-refractivity contribution in [3.63, 3.8) is 0 Å². The maximum atomic E-state index is 11.9. The minimum Gasteiger partial charge on any atom is -0.454 e. The Morgan fingerprint density at radius 3 is 2.41 bits per heavy atom. The van der Waals surface area contributed by atoms with Gasteiger partial charge in [-0.15, -0.1) is 0 Å². The van der Waals surface area contributed by atoms with Crippen molar-refractivity contribution in [2.75, 3.05) is 31.0 Å². The zero-order valence-corrected chi connectivity index (χ0v) is 9.12. The Bertz CT molecular complexity index is 382. The second-order valence-electron chi connectivity index (χ2n) is 3.18. The second-order valence-corrected chi connectivity index (χ2v) is 3.18. The molecule has 1 aromatic rings. The number of hydrazine groups is 1. The lowest BCUT2D eigenvalue weighted by Crippen LogP contribution is -2.22. The number of ether oxygens (including phenoxy) is 1. The summed E-state index contributed by atoms with van der Waals surface area (Å²) < 4.78 is 40.2. The van der Waals surface area contributed by atoms with Crippen molar-refractivity contribution < 1.29 is 17.9 Å². The SMILES string of the molecule is CN(C)c1nc(NN)nc(OCC(F)(F)F)n1. The number of hydrogen-bond donors (Lipinski definition) is 2. The Morgan fingerprint density at radius 1 is 1.29 bits per heavy atom. The average molecular weight is 252 g/mol. The van der Waals surface area contributed by atoms with E-state index < -0.39 is 18.8 Å². The average Bonchev–Trinajstić information content (AvgIpc) is 2.25. The van der Waals surface area contributed by atoms with Crippen molar-refractivity contribution in [2.45, 2.75) is 6.18 Å². The third-order valence-electron chi connectivity index (χ3n) is 1.50. The zero-order chi connectivity index (χ0) is 13.1. The van der Waals surface area contributed by atoms with Crippen LogP contribution in [-0.4, -0.2) is 41.8 Å². The molecule has 1 rings (SSSR count). The van der Waals surface area contributed by atoms with Crippen LogP contribution in [0.5, 0.6) is 6.01 Å². The Labute approximate surface area is 94.8 Å². The maximum absolute atomic E-state index is 11.9. The number of anilines is 2. The fourth-order valence-electron chi connectivity index (χ4n) is 0.821. The molecule has 1 aromatic heterocycles. The van der Waals surface area contributed by atoms with E-state index in [9.17, 15) is 13.2 Å².